The van der Waals surface area contributed by atoms with Gasteiger partial charge in [0.05, 0.1) is 11.0 Å². The van der Waals surface area contributed by atoms with Gasteiger partial charge in [0.1, 0.15) is 5.82 Å². The molecule has 0 atom stereocenters. The molecule has 21 heavy (non-hydrogen) atoms. The molecule has 0 unspecified atom stereocenters. The lowest BCUT2D eigenvalue weighted by molar-refractivity contribution is 0.102. The predicted molar refractivity (Wildman–Crippen MR) is 80.4 cm³/mol. The lowest BCUT2D eigenvalue weighted by Gasteiger charge is -2.04. The van der Waals surface area contributed by atoms with E-state index in [4.69, 9.17) is 0 Å². The van der Waals surface area contributed by atoms with Gasteiger partial charge in [-0.05, 0) is 30.3 Å². The number of anilines is 1. The fourth-order valence-electron chi connectivity index (χ4n) is 2.27. The zero-order valence-electron chi connectivity index (χ0n) is 11.7. The Kier molecular flexibility index (Phi) is 3.06. The SMILES string of the molecule is Cn1c(=O)n(C)c2cc(C(=O)Nc3ccccn3)ccc21. The van der Waals surface area contributed by atoms with Crippen molar-refractivity contribution in [2.24, 2.45) is 14.1 Å². The first-order chi connectivity index (χ1) is 10.1. The number of fused-ring (bicyclic) bond motifs is 1. The summed E-state index contributed by atoms with van der Waals surface area (Å²) in [5.41, 5.74) is 1.87. The molecule has 2 heterocycles. The van der Waals surface area contributed by atoms with Crippen molar-refractivity contribution >= 4 is 22.8 Å². The highest BCUT2D eigenvalue weighted by molar-refractivity contribution is 6.05. The molecule has 106 valence electrons. The van der Waals surface area contributed by atoms with Crippen LogP contribution in [0.5, 0.6) is 0 Å². The Bertz CT molecular complexity index is 878. The Morgan fingerprint density at radius 1 is 1.10 bits per heavy atom. The highest BCUT2D eigenvalue weighted by Crippen LogP contribution is 2.15. The summed E-state index contributed by atoms with van der Waals surface area (Å²) in [6.45, 7) is 0. The number of carbonyl (C=O) groups excluding carboxylic acids is 1. The van der Waals surface area contributed by atoms with Crippen molar-refractivity contribution in [2.75, 3.05) is 5.32 Å². The summed E-state index contributed by atoms with van der Waals surface area (Å²) in [4.78, 5) is 28.1. The lowest BCUT2D eigenvalue weighted by Crippen LogP contribution is -2.19. The van der Waals surface area contributed by atoms with Crippen molar-refractivity contribution in [1.82, 2.24) is 14.1 Å². The van der Waals surface area contributed by atoms with Crippen LogP contribution in [0.25, 0.3) is 11.0 Å². The van der Waals surface area contributed by atoms with Crippen LogP contribution in [-0.4, -0.2) is 20.0 Å². The minimum absolute atomic E-state index is 0.118. The summed E-state index contributed by atoms with van der Waals surface area (Å²) in [6, 6.07) is 10.5. The number of nitrogens with one attached hydrogen (secondary N) is 1. The number of nitrogens with zero attached hydrogens (tertiary/aromatic N) is 3. The molecule has 2 aromatic heterocycles. The van der Waals surface area contributed by atoms with E-state index in [1.807, 2.05) is 0 Å². The van der Waals surface area contributed by atoms with E-state index in [1.54, 1.807) is 61.3 Å². The van der Waals surface area contributed by atoms with Gasteiger partial charge < -0.3 is 5.32 Å². The third-order valence-corrected chi connectivity index (χ3v) is 3.44. The van der Waals surface area contributed by atoms with Crippen molar-refractivity contribution in [3.8, 4) is 0 Å². The second-order valence-corrected chi connectivity index (χ2v) is 4.77. The second-order valence-electron chi connectivity index (χ2n) is 4.77. The fourth-order valence-corrected chi connectivity index (χ4v) is 2.27. The maximum Gasteiger partial charge on any atom is 0.328 e. The number of hydrogen-bond donors (Lipinski definition) is 1. The van der Waals surface area contributed by atoms with Crippen molar-refractivity contribution in [3.63, 3.8) is 0 Å². The van der Waals surface area contributed by atoms with Crippen LogP contribution in [0.2, 0.25) is 0 Å². The summed E-state index contributed by atoms with van der Waals surface area (Å²) in [5.74, 6) is 0.233. The van der Waals surface area contributed by atoms with Gasteiger partial charge in [-0.15, -0.1) is 0 Å². The highest BCUT2D eigenvalue weighted by Gasteiger charge is 2.12. The van der Waals surface area contributed by atoms with Crippen LogP contribution in [-0.2, 0) is 14.1 Å². The van der Waals surface area contributed by atoms with Crippen LogP contribution in [0.3, 0.4) is 0 Å². The Balaban J connectivity index is 2.00. The summed E-state index contributed by atoms with van der Waals surface area (Å²) in [5, 5.41) is 2.72. The van der Waals surface area contributed by atoms with E-state index >= 15 is 0 Å². The third-order valence-electron chi connectivity index (χ3n) is 3.44. The standard InChI is InChI=1S/C15H14N4O2/c1-18-11-7-6-10(9-12(11)19(2)15(18)21)14(20)17-13-5-3-4-8-16-13/h3-9H,1-2H3,(H,16,17,20). The van der Waals surface area contributed by atoms with E-state index in [2.05, 4.69) is 10.3 Å². The Morgan fingerprint density at radius 3 is 2.57 bits per heavy atom. The number of carbonyl (C=O) groups is 1. The first-order valence-corrected chi connectivity index (χ1v) is 6.46. The summed E-state index contributed by atoms with van der Waals surface area (Å²) < 4.78 is 3.07. The summed E-state index contributed by atoms with van der Waals surface area (Å²) >= 11 is 0. The molecule has 0 saturated carbocycles. The van der Waals surface area contributed by atoms with Crippen LogP contribution in [0.4, 0.5) is 5.82 Å². The molecule has 0 aliphatic rings. The first-order valence-electron chi connectivity index (χ1n) is 6.46. The molecule has 6 heteroatoms. The topological polar surface area (TPSA) is 68.9 Å². The van der Waals surface area contributed by atoms with Crippen LogP contribution < -0.4 is 11.0 Å². The van der Waals surface area contributed by atoms with E-state index in [1.165, 1.54) is 4.57 Å². The van der Waals surface area contributed by atoms with E-state index in [0.717, 1.165) is 11.0 Å². The molecule has 3 aromatic rings. The Labute approximate surface area is 120 Å². The molecule has 0 saturated heterocycles. The molecule has 1 N–H and O–H groups in total. The molecule has 0 aliphatic carbocycles. The van der Waals surface area contributed by atoms with Crippen LogP contribution >= 0.6 is 0 Å². The van der Waals surface area contributed by atoms with Crippen molar-refractivity contribution in [1.29, 1.82) is 0 Å². The largest absolute Gasteiger partial charge is 0.328 e. The number of benzene rings is 1. The van der Waals surface area contributed by atoms with Crippen molar-refractivity contribution in [3.05, 3.63) is 58.6 Å². The van der Waals surface area contributed by atoms with Gasteiger partial charge in [0, 0.05) is 25.9 Å². The highest BCUT2D eigenvalue weighted by atomic mass is 16.2. The lowest BCUT2D eigenvalue weighted by atomic mass is 10.2. The second kappa shape index (κ2) is 4.90. The number of hydrogen-bond acceptors (Lipinski definition) is 3. The Morgan fingerprint density at radius 2 is 1.86 bits per heavy atom. The predicted octanol–water partition coefficient (Wildman–Crippen LogP) is 1.52. The van der Waals surface area contributed by atoms with Crippen molar-refractivity contribution in [2.45, 2.75) is 0 Å². The quantitative estimate of drug-likeness (QED) is 0.775. The molecule has 1 aromatic carbocycles. The van der Waals surface area contributed by atoms with Gasteiger partial charge in [-0.25, -0.2) is 9.78 Å². The van der Waals surface area contributed by atoms with Gasteiger partial charge >= 0.3 is 5.69 Å². The zero-order chi connectivity index (χ0) is 15.0. The molecule has 0 spiro atoms. The Hall–Kier alpha value is -2.89. The molecule has 3 rings (SSSR count). The van der Waals surface area contributed by atoms with Gasteiger partial charge in [-0.2, -0.15) is 0 Å². The number of amides is 1. The van der Waals surface area contributed by atoms with Gasteiger partial charge in [-0.3, -0.25) is 13.9 Å². The van der Waals surface area contributed by atoms with Gasteiger partial charge in [0.25, 0.3) is 5.91 Å². The monoisotopic (exact) mass is 282 g/mol. The number of imidazole rings is 1. The molecular weight excluding hydrogens is 268 g/mol. The number of aryl methyl sites for hydroxylation is 2. The van der Waals surface area contributed by atoms with Gasteiger partial charge in [0.15, 0.2) is 0 Å². The number of rotatable bonds is 2. The fraction of sp³-hybridized carbons (Fsp3) is 0.133. The smallest absolute Gasteiger partial charge is 0.307 e. The maximum atomic E-state index is 12.2. The first kappa shape index (κ1) is 13.1. The molecule has 6 nitrogen and oxygen atoms in total. The average molecular weight is 282 g/mol. The average Bonchev–Trinajstić information content (AvgIpc) is 2.73. The molecule has 0 fully saturated rings. The van der Waals surface area contributed by atoms with E-state index in [-0.39, 0.29) is 11.6 Å². The molecular formula is C15H14N4O2. The number of pyridine rings is 1. The normalized spacial score (nSPS) is 10.8. The minimum Gasteiger partial charge on any atom is -0.307 e. The molecule has 0 bridgehead atoms. The molecule has 0 aliphatic heterocycles. The van der Waals surface area contributed by atoms with Crippen molar-refractivity contribution < 1.29 is 4.79 Å². The number of aromatic nitrogens is 3. The van der Waals surface area contributed by atoms with Gasteiger partial charge in [-0.1, -0.05) is 6.07 Å². The summed E-state index contributed by atoms with van der Waals surface area (Å²) in [7, 11) is 3.39. The molecule has 0 radical (unpaired) electrons. The van der Waals surface area contributed by atoms with Crippen LogP contribution in [0, 0.1) is 0 Å². The van der Waals surface area contributed by atoms with E-state index in [0.29, 0.717) is 11.4 Å². The maximum absolute atomic E-state index is 12.2. The van der Waals surface area contributed by atoms with Crippen LogP contribution in [0.1, 0.15) is 10.4 Å². The third kappa shape index (κ3) is 2.20. The van der Waals surface area contributed by atoms with E-state index in [9.17, 15) is 9.59 Å². The minimum atomic E-state index is -0.257. The summed E-state index contributed by atoms with van der Waals surface area (Å²) in [6.07, 6.45) is 1.61. The van der Waals surface area contributed by atoms with Crippen LogP contribution in [0.15, 0.2) is 47.4 Å². The van der Waals surface area contributed by atoms with E-state index < -0.39 is 0 Å². The molecule has 1 amide bonds. The van der Waals surface area contributed by atoms with Gasteiger partial charge in [0.2, 0.25) is 0 Å². The zero-order valence-corrected chi connectivity index (χ0v) is 11.7.